The molecule has 0 spiro atoms. The summed E-state index contributed by atoms with van der Waals surface area (Å²) in [5.41, 5.74) is 0.154. The zero-order valence-electron chi connectivity index (χ0n) is 7.54. The zero-order valence-corrected chi connectivity index (χ0v) is 9.17. The number of thiocarbonyl (C=S) groups is 1. The predicted octanol–water partition coefficient (Wildman–Crippen LogP) is 1.69. The van der Waals surface area contributed by atoms with Gasteiger partial charge < -0.3 is 9.47 Å². The van der Waals surface area contributed by atoms with Gasteiger partial charge >= 0.3 is 0 Å². The van der Waals surface area contributed by atoms with Crippen LogP contribution >= 0.6 is 24.0 Å². The fourth-order valence-corrected chi connectivity index (χ4v) is 1.49. The first-order chi connectivity index (χ1) is 6.16. The Balaban J connectivity index is 2.11. The topological polar surface area (TPSA) is 18.5 Å². The van der Waals surface area contributed by atoms with Crippen molar-refractivity contribution in [2.45, 2.75) is 6.92 Å². The number of hydrogen-bond acceptors (Lipinski definition) is 4. The Hall–Kier alpha value is -0.240. The summed E-state index contributed by atoms with van der Waals surface area (Å²) in [5.74, 6) is 3.07. The first-order valence-corrected chi connectivity index (χ1v) is 5.36. The van der Waals surface area contributed by atoms with E-state index in [4.69, 9.17) is 28.1 Å². The quantitative estimate of drug-likeness (QED) is 0.527. The number of terminal acetylenes is 1. The summed E-state index contributed by atoms with van der Waals surface area (Å²) in [5, 5.41) is 0. The van der Waals surface area contributed by atoms with Crippen molar-refractivity contribution in [1.29, 1.82) is 0 Å². The first kappa shape index (κ1) is 10.8. The van der Waals surface area contributed by atoms with Crippen LogP contribution < -0.4 is 0 Å². The van der Waals surface area contributed by atoms with Crippen LogP contribution in [0.25, 0.3) is 0 Å². The van der Waals surface area contributed by atoms with Crippen molar-refractivity contribution < 1.29 is 9.47 Å². The normalized spacial score (nSPS) is 18.5. The minimum absolute atomic E-state index is 0.154. The molecule has 0 saturated carbocycles. The highest BCUT2D eigenvalue weighted by molar-refractivity contribution is 8.22. The average Bonchev–Trinajstić information content (AvgIpc) is 2.08. The lowest BCUT2D eigenvalue weighted by atomic mass is 9.90. The van der Waals surface area contributed by atoms with E-state index in [1.807, 2.05) is 0 Å². The van der Waals surface area contributed by atoms with Crippen molar-refractivity contribution in [3.8, 4) is 12.3 Å². The fraction of sp³-hybridized carbons (Fsp3) is 0.667. The van der Waals surface area contributed by atoms with Crippen LogP contribution in [-0.4, -0.2) is 30.0 Å². The van der Waals surface area contributed by atoms with Gasteiger partial charge in [0.2, 0.25) is 4.38 Å². The van der Waals surface area contributed by atoms with E-state index in [1.54, 1.807) is 0 Å². The molecule has 0 amide bonds. The summed E-state index contributed by atoms with van der Waals surface area (Å²) in [7, 11) is 0. The molecule has 0 N–H and O–H groups in total. The Labute approximate surface area is 88.4 Å². The number of thioether (sulfide) groups is 1. The number of ether oxygens (including phenoxy) is 2. The van der Waals surface area contributed by atoms with E-state index in [1.165, 1.54) is 11.8 Å². The summed E-state index contributed by atoms with van der Waals surface area (Å²) in [4.78, 5) is 0. The van der Waals surface area contributed by atoms with Crippen LogP contribution in [0.3, 0.4) is 0 Å². The van der Waals surface area contributed by atoms with Crippen LogP contribution in [0.1, 0.15) is 6.92 Å². The third kappa shape index (κ3) is 3.55. The average molecular weight is 216 g/mol. The fourth-order valence-electron chi connectivity index (χ4n) is 0.909. The standard InChI is InChI=1S/C9H12O2S2/c1-3-4-13-8(12)11-7-9(2)5-10-6-9/h1H,4-7H2,2H3. The Morgan fingerprint density at radius 1 is 1.77 bits per heavy atom. The SMILES string of the molecule is C#CCSC(=S)OCC1(C)COC1. The van der Waals surface area contributed by atoms with Gasteiger partial charge in [-0.3, -0.25) is 0 Å². The summed E-state index contributed by atoms with van der Waals surface area (Å²) in [6.45, 7) is 4.26. The summed E-state index contributed by atoms with van der Waals surface area (Å²) in [6.07, 6.45) is 5.09. The van der Waals surface area contributed by atoms with Gasteiger partial charge in [-0.1, -0.05) is 24.6 Å². The van der Waals surface area contributed by atoms with Crippen molar-refractivity contribution in [2.75, 3.05) is 25.6 Å². The molecule has 0 unspecified atom stereocenters. The van der Waals surface area contributed by atoms with Gasteiger partial charge in [0.05, 0.1) is 25.6 Å². The molecule has 1 heterocycles. The van der Waals surface area contributed by atoms with Crippen LogP contribution in [0.4, 0.5) is 0 Å². The van der Waals surface area contributed by atoms with Crippen LogP contribution in [0, 0.1) is 17.8 Å². The first-order valence-electron chi connectivity index (χ1n) is 3.97. The third-order valence-electron chi connectivity index (χ3n) is 1.71. The lowest BCUT2D eigenvalue weighted by molar-refractivity contribution is -0.121. The van der Waals surface area contributed by atoms with E-state index < -0.39 is 0 Å². The Morgan fingerprint density at radius 3 is 2.92 bits per heavy atom. The molecule has 1 fully saturated rings. The second-order valence-corrected chi connectivity index (χ2v) is 4.91. The number of hydrogen-bond donors (Lipinski definition) is 0. The molecule has 0 bridgehead atoms. The highest BCUT2D eigenvalue weighted by Crippen LogP contribution is 2.27. The lowest BCUT2D eigenvalue weighted by Gasteiger charge is -2.37. The molecule has 0 atom stereocenters. The minimum Gasteiger partial charge on any atom is -0.478 e. The molecule has 1 rings (SSSR count). The van der Waals surface area contributed by atoms with Crippen LogP contribution in [0.2, 0.25) is 0 Å². The van der Waals surface area contributed by atoms with Crippen molar-refractivity contribution >= 4 is 28.4 Å². The molecular weight excluding hydrogens is 204 g/mol. The summed E-state index contributed by atoms with van der Waals surface area (Å²) in [6, 6.07) is 0. The van der Waals surface area contributed by atoms with Gasteiger partial charge in [-0.05, 0) is 12.2 Å². The van der Waals surface area contributed by atoms with Gasteiger partial charge in [0.15, 0.2) is 0 Å². The minimum atomic E-state index is 0.154. The second kappa shape index (κ2) is 4.85. The molecular formula is C9H12O2S2. The molecule has 0 aromatic rings. The van der Waals surface area contributed by atoms with Gasteiger partial charge in [-0.15, -0.1) is 6.42 Å². The van der Waals surface area contributed by atoms with Crippen molar-refractivity contribution in [2.24, 2.45) is 5.41 Å². The van der Waals surface area contributed by atoms with Gasteiger partial charge in [0, 0.05) is 5.41 Å². The molecule has 1 aliphatic heterocycles. The predicted molar refractivity (Wildman–Crippen MR) is 58.8 cm³/mol. The molecule has 1 saturated heterocycles. The summed E-state index contributed by atoms with van der Waals surface area (Å²) >= 11 is 6.35. The van der Waals surface area contributed by atoms with Crippen LogP contribution in [0.5, 0.6) is 0 Å². The van der Waals surface area contributed by atoms with Gasteiger partial charge in [-0.25, -0.2) is 0 Å². The lowest BCUT2D eigenvalue weighted by Crippen LogP contribution is -2.43. The molecule has 13 heavy (non-hydrogen) atoms. The maximum absolute atomic E-state index is 5.37. The Bertz CT molecular complexity index is 228. The Morgan fingerprint density at radius 2 is 2.46 bits per heavy atom. The van der Waals surface area contributed by atoms with E-state index in [-0.39, 0.29) is 5.41 Å². The molecule has 0 aliphatic carbocycles. The van der Waals surface area contributed by atoms with Crippen molar-refractivity contribution in [1.82, 2.24) is 0 Å². The maximum Gasteiger partial charge on any atom is 0.220 e. The molecule has 0 radical (unpaired) electrons. The smallest absolute Gasteiger partial charge is 0.220 e. The van der Waals surface area contributed by atoms with Crippen molar-refractivity contribution in [3.63, 3.8) is 0 Å². The molecule has 0 aromatic heterocycles. The number of rotatable bonds is 3. The van der Waals surface area contributed by atoms with Gasteiger partial charge in [0.1, 0.15) is 0 Å². The maximum atomic E-state index is 5.37. The van der Waals surface area contributed by atoms with E-state index in [9.17, 15) is 0 Å². The Kier molecular flexibility index (Phi) is 4.04. The van der Waals surface area contributed by atoms with Crippen LogP contribution in [0.15, 0.2) is 0 Å². The molecule has 4 heteroatoms. The van der Waals surface area contributed by atoms with E-state index in [0.717, 1.165) is 13.2 Å². The highest BCUT2D eigenvalue weighted by Gasteiger charge is 2.34. The van der Waals surface area contributed by atoms with Crippen LogP contribution in [-0.2, 0) is 9.47 Å². The zero-order chi connectivity index (χ0) is 9.73. The van der Waals surface area contributed by atoms with Gasteiger partial charge in [0.25, 0.3) is 0 Å². The van der Waals surface area contributed by atoms with E-state index in [2.05, 4.69) is 12.8 Å². The summed E-state index contributed by atoms with van der Waals surface area (Å²) < 4.78 is 11.0. The van der Waals surface area contributed by atoms with E-state index in [0.29, 0.717) is 16.7 Å². The second-order valence-electron chi connectivity index (χ2n) is 3.33. The molecule has 72 valence electrons. The van der Waals surface area contributed by atoms with Crippen molar-refractivity contribution in [3.05, 3.63) is 0 Å². The monoisotopic (exact) mass is 216 g/mol. The molecule has 0 aromatic carbocycles. The highest BCUT2D eigenvalue weighted by atomic mass is 32.2. The molecule has 1 aliphatic rings. The van der Waals surface area contributed by atoms with Gasteiger partial charge in [-0.2, -0.15) is 0 Å². The van der Waals surface area contributed by atoms with E-state index >= 15 is 0 Å². The largest absolute Gasteiger partial charge is 0.478 e. The third-order valence-corrected chi connectivity index (χ3v) is 2.85. The molecule has 2 nitrogen and oxygen atoms in total.